The number of hydrogen-bond acceptors (Lipinski definition) is 9. The normalized spacial score (nSPS) is 13.9. The number of hydrogen-bond donors (Lipinski definition) is 10. The Balaban J connectivity index is 5.55. The number of nitrogens with two attached hydrogens (primary N) is 4. The summed E-state index contributed by atoms with van der Waals surface area (Å²) in [5.74, 6) is -7.15. The molecule has 0 aliphatic rings. The number of carbonyl (C=O) groups excluding carboxylic acids is 4. The summed E-state index contributed by atoms with van der Waals surface area (Å²) in [6.45, 7) is 0.0776. The summed E-state index contributed by atoms with van der Waals surface area (Å²) in [6, 6.07) is -5.81. The second-order valence-electron chi connectivity index (χ2n) is 7.03. The largest absolute Gasteiger partial charge is 0.481 e. The Hall–Kier alpha value is -3.60. The van der Waals surface area contributed by atoms with Gasteiger partial charge in [0.25, 0.3) is 0 Å². The van der Waals surface area contributed by atoms with Crippen molar-refractivity contribution in [1.82, 2.24) is 16.0 Å². The van der Waals surface area contributed by atoms with Crippen LogP contribution < -0.4 is 38.9 Å². The second-order valence-corrected chi connectivity index (χ2v) is 7.39. The van der Waals surface area contributed by atoms with Crippen LogP contribution in [0, 0.1) is 0 Å². The van der Waals surface area contributed by atoms with Crippen LogP contribution in [0.1, 0.15) is 25.7 Å². The number of nitrogens with one attached hydrogen (secondary N) is 3. The number of carboxylic acid groups (broad SMARTS) is 2. The molecular weight excluding hydrogens is 476 g/mol. The van der Waals surface area contributed by atoms with E-state index in [1.54, 1.807) is 0 Å². The Labute approximate surface area is 199 Å². The quantitative estimate of drug-likeness (QED) is 0.0410. The van der Waals surface area contributed by atoms with Crippen LogP contribution in [0.3, 0.4) is 0 Å². The van der Waals surface area contributed by atoms with Crippen molar-refractivity contribution in [2.75, 3.05) is 12.3 Å². The highest BCUT2D eigenvalue weighted by atomic mass is 32.1. The van der Waals surface area contributed by atoms with Crippen LogP contribution in [0.15, 0.2) is 4.99 Å². The minimum absolute atomic E-state index is 0.0673. The zero-order valence-electron chi connectivity index (χ0n) is 18.1. The molecule has 0 aromatic carbocycles. The fraction of sp³-hybridized carbons (Fsp3) is 0.588. The van der Waals surface area contributed by atoms with Crippen LogP contribution in [-0.4, -0.2) is 88.2 Å². The summed E-state index contributed by atoms with van der Waals surface area (Å²) >= 11 is 3.84. The number of aliphatic carboxylic acids is 2. The lowest BCUT2D eigenvalue weighted by atomic mass is 10.1. The van der Waals surface area contributed by atoms with E-state index in [1.165, 1.54) is 0 Å². The van der Waals surface area contributed by atoms with E-state index in [2.05, 4.69) is 33.6 Å². The van der Waals surface area contributed by atoms with Gasteiger partial charge in [-0.05, 0) is 12.8 Å². The highest BCUT2D eigenvalue weighted by Crippen LogP contribution is 2.04. The van der Waals surface area contributed by atoms with Crippen molar-refractivity contribution in [3.63, 3.8) is 0 Å². The van der Waals surface area contributed by atoms with Gasteiger partial charge in [-0.25, -0.2) is 4.79 Å². The van der Waals surface area contributed by atoms with Gasteiger partial charge in [-0.1, -0.05) is 0 Å². The summed E-state index contributed by atoms with van der Waals surface area (Å²) in [4.78, 5) is 74.4. The SMILES string of the molecule is NC(=O)CC(N)C(=O)NC(CC(=O)O)C(=O)NC(CCCN=C(N)N)C(=O)NC(CS)C(=O)O. The van der Waals surface area contributed by atoms with Crippen molar-refractivity contribution in [2.24, 2.45) is 27.9 Å². The van der Waals surface area contributed by atoms with Gasteiger partial charge >= 0.3 is 11.9 Å². The number of thiol groups is 1. The van der Waals surface area contributed by atoms with Gasteiger partial charge in [0.05, 0.1) is 18.9 Å². The Morgan fingerprint density at radius 1 is 0.824 bits per heavy atom. The molecule has 0 aromatic heterocycles. The standard InChI is InChI=1S/C17H30N8O8S/c18-7(4-11(19)26)13(29)24-9(5-12(27)28)15(31)23-8(2-1-3-22-17(20)21)14(30)25-10(6-34)16(32)33/h7-10,34H,1-6,18H2,(H2,19,26)(H,23,31)(H,24,29)(H,25,30)(H,27,28)(H,32,33)(H4,20,21,22). The number of guanidine groups is 1. The molecule has 192 valence electrons. The third kappa shape index (κ3) is 12.4. The first-order valence-electron chi connectivity index (χ1n) is 9.84. The Morgan fingerprint density at radius 3 is 1.82 bits per heavy atom. The van der Waals surface area contributed by atoms with Gasteiger partial charge in [0, 0.05) is 12.3 Å². The fourth-order valence-electron chi connectivity index (χ4n) is 2.47. The molecule has 0 fully saturated rings. The molecule has 4 amide bonds. The van der Waals surface area contributed by atoms with E-state index >= 15 is 0 Å². The molecule has 0 heterocycles. The highest BCUT2D eigenvalue weighted by Gasteiger charge is 2.31. The van der Waals surface area contributed by atoms with Crippen molar-refractivity contribution < 1.29 is 39.0 Å². The first-order chi connectivity index (χ1) is 15.8. The first-order valence-corrected chi connectivity index (χ1v) is 10.5. The maximum Gasteiger partial charge on any atom is 0.327 e. The number of nitrogens with zero attached hydrogens (tertiary/aromatic N) is 1. The highest BCUT2D eigenvalue weighted by molar-refractivity contribution is 7.80. The van der Waals surface area contributed by atoms with Crippen LogP contribution in [0.4, 0.5) is 0 Å². The van der Waals surface area contributed by atoms with Gasteiger partial charge in [0.1, 0.15) is 18.1 Å². The lowest BCUT2D eigenvalue weighted by Gasteiger charge is -2.24. The van der Waals surface area contributed by atoms with E-state index in [0.717, 1.165) is 0 Å². The predicted octanol–water partition coefficient (Wildman–Crippen LogP) is -4.81. The number of carboxylic acids is 2. The minimum Gasteiger partial charge on any atom is -0.481 e. The van der Waals surface area contributed by atoms with E-state index in [9.17, 15) is 28.8 Å². The molecular formula is C17H30N8O8S. The van der Waals surface area contributed by atoms with E-state index in [0.29, 0.717) is 0 Å². The molecule has 16 nitrogen and oxygen atoms in total. The van der Waals surface area contributed by atoms with Gasteiger partial charge in [0.15, 0.2) is 5.96 Å². The molecule has 34 heavy (non-hydrogen) atoms. The molecule has 0 aliphatic carbocycles. The molecule has 0 rings (SSSR count). The summed E-state index contributed by atoms with van der Waals surface area (Å²) in [7, 11) is 0. The van der Waals surface area contributed by atoms with E-state index in [-0.39, 0.29) is 31.1 Å². The second kappa shape index (κ2) is 15.3. The summed E-state index contributed by atoms with van der Waals surface area (Å²) in [6.07, 6.45) is -1.32. The number of rotatable bonds is 16. The van der Waals surface area contributed by atoms with Gasteiger partial charge in [-0.15, -0.1) is 0 Å². The van der Waals surface area contributed by atoms with Gasteiger partial charge in [0.2, 0.25) is 23.6 Å². The van der Waals surface area contributed by atoms with Crippen molar-refractivity contribution in [3.8, 4) is 0 Å². The smallest absolute Gasteiger partial charge is 0.327 e. The van der Waals surface area contributed by atoms with E-state index < -0.39 is 72.6 Å². The molecule has 4 atom stereocenters. The number of aliphatic imine (C=N–C) groups is 1. The number of carbonyl (C=O) groups is 6. The first kappa shape index (κ1) is 30.4. The topological polar surface area (TPSA) is 295 Å². The Kier molecular flexibility index (Phi) is 13.7. The third-order valence-electron chi connectivity index (χ3n) is 4.15. The molecule has 0 aromatic rings. The van der Waals surface area contributed by atoms with Crippen LogP contribution in [0.2, 0.25) is 0 Å². The maximum absolute atomic E-state index is 12.7. The Bertz CT molecular complexity index is 804. The summed E-state index contributed by atoms with van der Waals surface area (Å²) < 4.78 is 0. The van der Waals surface area contributed by atoms with E-state index in [4.69, 9.17) is 33.1 Å². The van der Waals surface area contributed by atoms with Crippen LogP contribution in [0.5, 0.6) is 0 Å². The maximum atomic E-state index is 12.7. The predicted molar refractivity (Wildman–Crippen MR) is 121 cm³/mol. The zero-order valence-corrected chi connectivity index (χ0v) is 19.0. The molecule has 4 unspecified atom stereocenters. The molecule has 17 heteroatoms. The molecule has 0 spiro atoms. The van der Waals surface area contributed by atoms with Crippen molar-refractivity contribution in [2.45, 2.75) is 49.9 Å². The minimum atomic E-state index is -1.67. The average molecular weight is 507 g/mol. The van der Waals surface area contributed by atoms with Crippen LogP contribution >= 0.6 is 12.6 Å². The molecule has 0 saturated carbocycles. The van der Waals surface area contributed by atoms with Gasteiger partial charge < -0.3 is 49.1 Å². The molecule has 0 saturated heterocycles. The van der Waals surface area contributed by atoms with Crippen LogP contribution in [0.25, 0.3) is 0 Å². The summed E-state index contributed by atoms with van der Waals surface area (Å²) in [5, 5.41) is 24.7. The average Bonchev–Trinajstić information content (AvgIpc) is 2.71. The van der Waals surface area contributed by atoms with Crippen LogP contribution in [-0.2, 0) is 28.8 Å². The third-order valence-corrected chi connectivity index (χ3v) is 4.51. The van der Waals surface area contributed by atoms with Crippen molar-refractivity contribution in [3.05, 3.63) is 0 Å². The molecule has 13 N–H and O–H groups in total. The number of amides is 4. The number of primary amides is 1. The van der Waals surface area contributed by atoms with Gasteiger partial charge in [-0.3, -0.25) is 29.0 Å². The zero-order chi connectivity index (χ0) is 26.4. The lowest BCUT2D eigenvalue weighted by molar-refractivity contribution is -0.143. The van der Waals surface area contributed by atoms with E-state index in [1.807, 2.05) is 0 Å². The monoisotopic (exact) mass is 506 g/mol. The lowest BCUT2D eigenvalue weighted by Crippen LogP contribution is -2.57. The summed E-state index contributed by atoms with van der Waals surface area (Å²) in [5.41, 5.74) is 20.9. The fourth-order valence-corrected chi connectivity index (χ4v) is 2.72. The van der Waals surface area contributed by atoms with Crippen molar-refractivity contribution in [1.29, 1.82) is 0 Å². The molecule has 0 radical (unpaired) electrons. The van der Waals surface area contributed by atoms with Gasteiger partial charge in [-0.2, -0.15) is 12.6 Å². The molecule has 0 aliphatic heterocycles. The van der Waals surface area contributed by atoms with Crippen molar-refractivity contribution >= 4 is 54.2 Å². The Morgan fingerprint density at radius 2 is 1.35 bits per heavy atom. The molecule has 0 bridgehead atoms.